The molecule has 1 fully saturated rings. The van der Waals surface area contributed by atoms with Gasteiger partial charge in [-0.05, 0) is 44.2 Å². The summed E-state index contributed by atoms with van der Waals surface area (Å²) in [6, 6.07) is 7.71. The van der Waals surface area contributed by atoms with E-state index < -0.39 is 0 Å². The van der Waals surface area contributed by atoms with E-state index >= 15 is 0 Å². The number of amides is 1. The number of anilines is 1. The van der Waals surface area contributed by atoms with Crippen LogP contribution in [-0.4, -0.2) is 37.0 Å². The van der Waals surface area contributed by atoms with Crippen LogP contribution in [0.25, 0.3) is 0 Å². The molecular formula is C15H23N3O. The molecule has 2 rings (SSSR count). The van der Waals surface area contributed by atoms with Gasteiger partial charge in [0.15, 0.2) is 0 Å². The maximum Gasteiger partial charge on any atom is 0.251 e. The van der Waals surface area contributed by atoms with Crippen molar-refractivity contribution in [1.82, 2.24) is 10.2 Å². The molecule has 0 radical (unpaired) electrons. The normalized spacial score (nSPS) is 15.9. The third kappa shape index (κ3) is 3.96. The number of nitrogens with one attached hydrogen (secondary N) is 1. The Morgan fingerprint density at radius 2 is 1.95 bits per heavy atom. The van der Waals surface area contributed by atoms with Crippen LogP contribution in [0.4, 0.5) is 5.69 Å². The minimum Gasteiger partial charge on any atom is -0.399 e. The predicted molar refractivity (Wildman–Crippen MR) is 78.1 cm³/mol. The van der Waals surface area contributed by atoms with Crippen molar-refractivity contribution in [3.05, 3.63) is 29.8 Å². The lowest BCUT2D eigenvalue weighted by Crippen LogP contribution is -2.37. The molecule has 0 heterocycles. The summed E-state index contributed by atoms with van der Waals surface area (Å²) < 4.78 is 0. The summed E-state index contributed by atoms with van der Waals surface area (Å²) in [5.41, 5.74) is 6.94. The predicted octanol–water partition coefficient (Wildman–Crippen LogP) is 1.87. The van der Waals surface area contributed by atoms with Gasteiger partial charge >= 0.3 is 0 Å². The van der Waals surface area contributed by atoms with Gasteiger partial charge in [-0.15, -0.1) is 0 Å². The SMILES string of the molecule is CN(CCNC(=O)c1ccc(N)cc1)C1CCCC1. The molecule has 104 valence electrons. The Morgan fingerprint density at radius 3 is 2.58 bits per heavy atom. The van der Waals surface area contributed by atoms with Crippen LogP contribution < -0.4 is 11.1 Å². The van der Waals surface area contributed by atoms with Crippen LogP contribution in [0, 0.1) is 0 Å². The van der Waals surface area contributed by atoms with E-state index in [1.807, 2.05) is 0 Å². The van der Waals surface area contributed by atoms with Gasteiger partial charge in [-0.1, -0.05) is 12.8 Å². The van der Waals surface area contributed by atoms with Crippen LogP contribution in [0.1, 0.15) is 36.0 Å². The lowest BCUT2D eigenvalue weighted by molar-refractivity contribution is 0.0947. The Bertz CT molecular complexity index is 410. The van der Waals surface area contributed by atoms with Crippen LogP contribution in [0.3, 0.4) is 0 Å². The van der Waals surface area contributed by atoms with E-state index in [1.165, 1.54) is 25.7 Å². The molecule has 0 saturated heterocycles. The highest BCUT2D eigenvalue weighted by molar-refractivity contribution is 5.94. The first-order chi connectivity index (χ1) is 9.16. The zero-order chi connectivity index (χ0) is 13.7. The lowest BCUT2D eigenvalue weighted by atomic mass is 10.2. The molecule has 0 aliphatic heterocycles. The second kappa shape index (κ2) is 6.57. The monoisotopic (exact) mass is 261 g/mol. The fraction of sp³-hybridized carbons (Fsp3) is 0.533. The van der Waals surface area contributed by atoms with Gasteiger partial charge in [-0.25, -0.2) is 0 Å². The summed E-state index contributed by atoms with van der Waals surface area (Å²) in [5.74, 6) is -0.0279. The lowest BCUT2D eigenvalue weighted by Gasteiger charge is -2.23. The summed E-state index contributed by atoms with van der Waals surface area (Å²) in [7, 11) is 2.14. The zero-order valence-electron chi connectivity index (χ0n) is 11.6. The van der Waals surface area contributed by atoms with Crippen molar-refractivity contribution in [3.8, 4) is 0 Å². The van der Waals surface area contributed by atoms with E-state index in [-0.39, 0.29) is 5.91 Å². The average molecular weight is 261 g/mol. The molecule has 1 aliphatic carbocycles. The molecule has 4 nitrogen and oxygen atoms in total. The van der Waals surface area contributed by atoms with E-state index in [1.54, 1.807) is 24.3 Å². The number of nitrogens with two attached hydrogens (primary N) is 1. The van der Waals surface area contributed by atoms with E-state index in [9.17, 15) is 4.79 Å². The Morgan fingerprint density at radius 1 is 1.32 bits per heavy atom. The van der Waals surface area contributed by atoms with Crippen molar-refractivity contribution in [2.45, 2.75) is 31.7 Å². The first-order valence-electron chi connectivity index (χ1n) is 7.01. The number of nitrogens with zero attached hydrogens (tertiary/aromatic N) is 1. The zero-order valence-corrected chi connectivity index (χ0v) is 11.6. The topological polar surface area (TPSA) is 58.4 Å². The molecule has 0 atom stereocenters. The van der Waals surface area contributed by atoms with Gasteiger partial charge in [0.25, 0.3) is 5.91 Å². The Hall–Kier alpha value is -1.55. The third-order valence-corrected chi connectivity index (χ3v) is 3.87. The summed E-state index contributed by atoms with van der Waals surface area (Å²) in [6.07, 6.45) is 5.27. The molecule has 1 aromatic carbocycles. The largest absolute Gasteiger partial charge is 0.399 e. The maximum atomic E-state index is 11.9. The molecule has 1 aliphatic rings. The van der Waals surface area contributed by atoms with E-state index in [0.717, 1.165) is 6.54 Å². The number of benzene rings is 1. The number of likely N-dealkylation sites (N-methyl/N-ethyl adjacent to an activating group) is 1. The third-order valence-electron chi connectivity index (χ3n) is 3.87. The Balaban J connectivity index is 1.73. The second-order valence-corrected chi connectivity index (χ2v) is 5.30. The number of carbonyl (C=O) groups excluding carboxylic acids is 1. The molecule has 3 N–H and O–H groups in total. The second-order valence-electron chi connectivity index (χ2n) is 5.30. The van der Waals surface area contributed by atoms with Gasteiger partial charge < -0.3 is 16.0 Å². The van der Waals surface area contributed by atoms with Gasteiger partial charge in [0.2, 0.25) is 0 Å². The average Bonchev–Trinajstić information content (AvgIpc) is 2.93. The van der Waals surface area contributed by atoms with Gasteiger partial charge in [0.05, 0.1) is 0 Å². The minimum atomic E-state index is -0.0279. The number of carbonyl (C=O) groups is 1. The molecule has 0 spiro atoms. The maximum absolute atomic E-state index is 11.9. The Labute approximate surface area is 115 Å². The molecular weight excluding hydrogens is 238 g/mol. The van der Waals surface area contributed by atoms with Gasteiger partial charge in [0, 0.05) is 30.4 Å². The van der Waals surface area contributed by atoms with Gasteiger partial charge in [0.1, 0.15) is 0 Å². The van der Waals surface area contributed by atoms with Crippen LogP contribution >= 0.6 is 0 Å². The first-order valence-corrected chi connectivity index (χ1v) is 7.01. The Kier molecular flexibility index (Phi) is 4.80. The van der Waals surface area contributed by atoms with Gasteiger partial charge in [-0.2, -0.15) is 0 Å². The van der Waals surface area contributed by atoms with Crippen LogP contribution in [0.15, 0.2) is 24.3 Å². The van der Waals surface area contributed by atoms with Crippen molar-refractivity contribution in [1.29, 1.82) is 0 Å². The first kappa shape index (κ1) is 13.9. The highest BCUT2D eigenvalue weighted by Gasteiger charge is 2.18. The smallest absolute Gasteiger partial charge is 0.251 e. The van der Waals surface area contributed by atoms with Crippen LogP contribution in [-0.2, 0) is 0 Å². The van der Waals surface area contributed by atoms with Crippen molar-refractivity contribution in [2.75, 3.05) is 25.9 Å². The number of hydrogen-bond donors (Lipinski definition) is 2. The molecule has 1 saturated carbocycles. The number of hydrogen-bond acceptors (Lipinski definition) is 3. The van der Waals surface area contributed by atoms with Crippen molar-refractivity contribution in [2.24, 2.45) is 0 Å². The molecule has 0 bridgehead atoms. The van der Waals surface area contributed by atoms with Crippen molar-refractivity contribution >= 4 is 11.6 Å². The fourth-order valence-electron chi connectivity index (χ4n) is 2.61. The quantitative estimate of drug-likeness (QED) is 0.796. The molecule has 1 amide bonds. The summed E-state index contributed by atoms with van der Waals surface area (Å²) >= 11 is 0. The molecule has 0 unspecified atom stereocenters. The molecule has 1 aromatic rings. The minimum absolute atomic E-state index is 0.0279. The van der Waals surface area contributed by atoms with Crippen molar-refractivity contribution in [3.63, 3.8) is 0 Å². The van der Waals surface area contributed by atoms with E-state index in [4.69, 9.17) is 5.73 Å². The van der Waals surface area contributed by atoms with Gasteiger partial charge in [-0.3, -0.25) is 4.79 Å². The molecule has 0 aromatic heterocycles. The highest BCUT2D eigenvalue weighted by Crippen LogP contribution is 2.21. The summed E-state index contributed by atoms with van der Waals surface area (Å²) in [5, 5.41) is 2.95. The highest BCUT2D eigenvalue weighted by atomic mass is 16.1. The summed E-state index contributed by atoms with van der Waals surface area (Å²) in [4.78, 5) is 14.2. The van der Waals surface area contributed by atoms with Crippen molar-refractivity contribution < 1.29 is 4.79 Å². The molecule has 19 heavy (non-hydrogen) atoms. The number of nitrogen functional groups attached to an aromatic ring is 1. The fourth-order valence-corrected chi connectivity index (χ4v) is 2.61. The summed E-state index contributed by atoms with van der Waals surface area (Å²) in [6.45, 7) is 1.60. The van der Waals surface area contributed by atoms with E-state index in [0.29, 0.717) is 23.8 Å². The van der Waals surface area contributed by atoms with E-state index in [2.05, 4.69) is 17.3 Å². The van der Waals surface area contributed by atoms with Crippen LogP contribution in [0.2, 0.25) is 0 Å². The number of rotatable bonds is 5. The molecule has 4 heteroatoms. The standard InChI is InChI=1S/C15H23N3O/c1-18(14-4-2-3-5-14)11-10-17-15(19)12-6-8-13(16)9-7-12/h6-9,14H,2-5,10-11,16H2,1H3,(H,17,19). The van der Waals surface area contributed by atoms with Crippen LogP contribution in [0.5, 0.6) is 0 Å².